The van der Waals surface area contributed by atoms with Crippen molar-refractivity contribution in [1.82, 2.24) is 9.88 Å². The number of aryl methyl sites for hydroxylation is 1. The Balaban J connectivity index is 2.34. The summed E-state index contributed by atoms with van der Waals surface area (Å²) in [5, 5.41) is 5.02. The van der Waals surface area contributed by atoms with Crippen LogP contribution in [-0.4, -0.2) is 17.0 Å². The number of hydrogen-bond donors (Lipinski definition) is 1. The Morgan fingerprint density at radius 2 is 2.24 bits per heavy atom. The van der Waals surface area contributed by atoms with Crippen molar-refractivity contribution in [3.63, 3.8) is 0 Å². The molecule has 3 nitrogen and oxygen atoms in total. The Morgan fingerprint density at radius 3 is 2.94 bits per heavy atom. The van der Waals surface area contributed by atoms with Crippen molar-refractivity contribution in [3.05, 3.63) is 23.2 Å². The SMILES string of the molecule is CCCNC(=O)c1cc2sccc2n1CCC. The fraction of sp³-hybridized carbons (Fsp3) is 0.462. The zero-order valence-corrected chi connectivity index (χ0v) is 11.1. The fourth-order valence-corrected chi connectivity index (χ4v) is 2.78. The second kappa shape index (κ2) is 5.36. The van der Waals surface area contributed by atoms with Crippen molar-refractivity contribution in [2.45, 2.75) is 33.2 Å². The molecule has 0 atom stereocenters. The number of amides is 1. The van der Waals surface area contributed by atoms with Gasteiger partial charge in [0.05, 0.1) is 10.2 Å². The molecule has 4 heteroatoms. The molecule has 1 amide bonds. The summed E-state index contributed by atoms with van der Waals surface area (Å²) in [6.07, 6.45) is 2.00. The standard InChI is InChI=1S/C13H18N2OS/c1-3-6-14-13(16)11-9-12-10(5-8-17-12)15(11)7-4-2/h5,8-9H,3-4,6-7H2,1-2H3,(H,14,16). The van der Waals surface area contributed by atoms with Gasteiger partial charge in [0.1, 0.15) is 5.69 Å². The van der Waals surface area contributed by atoms with E-state index in [-0.39, 0.29) is 5.91 Å². The van der Waals surface area contributed by atoms with Crippen molar-refractivity contribution < 1.29 is 4.79 Å². The fourth-order valence-electron chi connectivity index (χ4n) is 1.96. The van der Waals surface area contributed by atoms with E-state index in [4.69, 9.17) is 0 Å². The molecule has 0 aromatic carbocycles. The minimum Gasteiger partial charge on any atom is -0.351 e. The first-order chi connectivity index (χ1) is 8.27. The van der Waals surface area contributed by atoms with Gasteiger partial charge in [-0.2, -0.15) is 0 Å². The molecule has 92 valence electrons. The molecule has 2 aromatic heterocycles. The highest BCUT2D eigenvalue weighted by Crippen LogP contribution is 2.25. The predicted molar refractivity (Wildman–Crippen MR) is 72.7 cm³/mol. The zero-order chi connectivity index (χ0) is 12.3. The van der Waals surface area contributed by atoms with Gasteiger partial charge < -0.3 is 9.88 Å². The van der Waals surface area contributed by atoms with Gasteiger partial charge in [-0.05, 0) is 30.4 Å². The predicted octanol–water partition coefficient (Wildman–Crippen LogP) is 3.25. The lowest BCUT2D eigenvalue weighted by Crippen LogP contribution is -2.26. The number of fused-ring (bicyclic) bond motifs is 1. The number of nitrogens with zero attached hydrogens (tertiary/aromatic N) is 1. The van der Waals surface area contributed by atoms with Crippen LogP contribution >= 0.6 is 11.3 Å². The minimum absolute atomic E-state index is 0.0451. The first-order valence-electron chi connectivity index (χ1n) is 6.12. The summed E-state index contributed by atoms with van der Waals surface area (Å²) in [6, 6.07) is 4.09. The van der Waals surface area contributed by atoms with Crippen molar-refractivity contribution in [2.75, 3.05) is 6.54 Å². The van der Waals surface area contributed by atoms with E-state index in [0.717, 1.165) is 31.6 Å². The van der Waals surface area contributed by atoms with Gasteiger partial charge in [-0.25, -0.2) is 0 Å². The van der Waals surface area contributed by atoms with E-state index in [2.05, 4.69) is 35.2 Å². The smallest absolute Gasteiger partial charge is 0.267 e. The van der Waals surface area contributed by atoms with Gasteiger partial charge in [0.2, 0.25) is 0 Å². The number of aromatic nitrogens is 1. The summed E-state index contributed by atoms with van der Waals surface area (Å²) in [5.74, 6) is 0.0451. The van der Waals surface area contributed by atoms with E-state index in [1.54, 1.807) is 11.3 Å². The first-order valence-corrected chi connectivity index (χ1v) is 7.00. The zero-order valence-electron chi connectivity index (χ0n) is 10.3. The normalized spacial score (nSPS) is 10.9. The molecule has 17 heavy (non-hydrogen) atoms. The van der Waals surface area contributed by atoms with E-state index in [1.165, 1.54) is 10.2 Å². The Bertz CT molecular complexity index is 512. The van der Waals surface area contributed by atoms with Gasteiger partial charge in [-0.1, -0.05) is 13.8 Å². The molecule has 0 spiro atoms. The third-order valence-electron chi connectivity index (χ3n) is 2.74. The van der Waals surface area contributed by atoms with Crippen LogP contribution in [0.15, 0.2) is 17.5 Å². The lowest BCUT2D eigenvalue weighted by Gasteiger charge is -2.08. The highest BCUT2D eigenvalue weighted by molar-refractivity contribution is 7.17. The summed E-state index contributed by atoms with van der Waals surface area (Å²) in [6.45, 7) is 5.83. The maximum Gasteiger partial charge on any atom is 0.267 e. The quantitative estimate of drug-likeness (QED) is 0.868. The van der Waals surface area contributed by atoms with E-state index in [1.807, 2.05) is 6.07 Å². The summed E-state index contributed by atoms with van der Waals surface area (Å²) < 4.78 is 3.32. The number of nitrogens with one attached hydrogen (secondary N) is 1. The molecule has 0 fully saturated rings. The Kier molecular flexibility index (Phi) is 3.84. The molecule has 0 saturated heterocycles. The van der Waals surface area contributed by atoms with Crippen LogP contribution in [0.3, 0.4) is 0 Å². The van der Waals surface area contributed by atoms with Crippen LogP contribution in [0.5, 0.6) is 0 Å². The van der Waals surface area contributed by atoms with Crippen molar-refractivity contribution >= 4 is 27.5 Å². The maximum absolute atomic E-state index is 12.0. The highest BCUT2D eigenvalue weighted by atomic mass is 32.1. The molecule has 2 heterocycles. The molecule has 2 aromatic rings. The second-order valence-electron chi connectivity index (χ2n) is 4.11. The average Bonchev–Trinajstić information content (AvgIpc) is 2.89. The second-order valence-corrected chi connectivity index (χ2v) is 5.05. The Morgan fingerprint density at radius 1 is 1.41 bits per heavy atom. The van der Waals surface area contributed by atoms with Crippen LogP contribution in [0.2, 0.25) is 0 Å². The topological polar surface area (TPSA) is 34.0 Å². The van der Waals surface area contributed by atoms with Crippen LogP contribution in [0.1, 0.15) is 37.2 Å². The third-order valence-corrected chi connectivity index (χ3v) is 3.59. The van der Waals surface area contributed by atoms with Crippen molar-refractivity contribution in [3.8, 4) is 0 Å². The highest BCUT2D eigenvalue weighted by Gasteiger charge is 2.15. The van der Waals surface area contributed by atoms with Gasteiger partial charge in [-0.15, -0.1) is 11.3 Å². The third kappa shape index (κ3) is 2.36. The number of carbonyl (C=O) groups is 1. The molecule has 2 rings (SSSR count). The van der Waals surface area contributed by atoms with E-state index >= 15 is 0 Å². The van der Waals surface area contributed by atoms with Crippen LogP contribution < -0.4 is 5.32 Å². The summed E-state index contributed by atoms with van der Waals surface area (Å²) in [7, 11) is 0. The lowest BCUT2D eigenvalue weighted by molar-refractivity contribution is 0.0944. The molecule has 0 aliphatic rings. The van der Waals surface area contributed by atoms with Crippen molar-refractivity contribution in [2.24, 2.45) is 0 Å². The molecule has 0 bridgehead atoms. The monoisotopic (exact) mass is 250 g/mol. The van der Waals surface area contributed by atoms with Gasteiger partial charge in [0, 0.05) is 13.1 Å². The van der Waals surface area contributed by atoms with E-state index < -0.39 is 0 Å². The first kappa shape index (κ1) is 12.2. The van der Waals surface area contributed by atoms with Crippen LogP contribution in [0, 0.1) is 0 Å². The average molecular weight is 250 g/mol. The lowest BCUT2D eigenvalue weighted by atomic mass is 10.3. The molecular weight excluding hydrogens is 232 g/mol. The summed E-state index contributed by atoms with van der Waals surface area (Å²) in [4.78, 5) is 12.0. The van der Waals surface area contributed by atoms with Gasteiger partial charge in [0.15, 0.2) is 0 Å². The molecular formula is C13H18N2OS. The van der Waals surface area contributed by atoms with Crippen molar-refractivity contribution in [1.29, 1.82) is 0 Å². The van der Waals surface area contributed by atoms with Crippen LogP contribution in [0.25, 0.3) is 10.2 Å². The van der Waals surface area contributed by atoms with Crippen LogP contribution in [-0.2, 0) is 6.54 Å². The molecule has 0 aliphatic heterocycles. The Hall–Kier alpha value is -1.29. The van der Waals surface area contributed by atoms with Gasteiger partial charge in [0.25, 0.3) is 5.91 Å². The number of rotatable bonds is 5. The van der Waals surface area contributed by atoms with E-state index in [0.29, 0.717) is 0 Å². The number of thiophene rings is 1. The molecule has 1 N–H and O–H groups in total. The Labute approximate surface area is 105 Å². The molecule has 0 radical (unpaired) electrons. The van der Waals surface area contributed by atoms with Gasteiger partial charge >= 0.3 is 0 Å². The molecule has 0 saturated carbocycles. The molecule has 0 aliphatic carbocycles. The minimum atomic E-state index is 0.0451. The largest absolute Gasteiger partial charge is 0.351 e. The van der Waals surface area contributed by atoms with Crippen LogP contribution in [0.4, 0.5) is 0 Å². The summed E-state index contributed by atoms with van der Waals surface area (Å²) in [5.41, 5.74) is 1.97. The molecule has 0 unspecified atom stereocenters. The number of carbonyl (C=O) groups excluding carboxylic acids is 1. The van der Waals surface area contributed by atoms with E-state index in [9.17, 15) is 4.79 Å². The maximum atomic E-state index is 12.0. The van der Waals surface area contributed by atoms with Gasteiger partial charge in [-0.3, -0.25) is 4.79 Å². The number of hydrogen-bond acceptors (Lipinski definition) is 2. The summed E-state index contributed by atoms with van der Waals surface area (Å²) >= 11 is 1.69.